The molecule has 0 aliphatic rings. The molecule has 0 atom stereocenters. The van der Waals surface area contributed by atoms with E-state index < -0.39 is 0 Å². The summed E-state index contributed by atoms with van der Waals surface area (Å²) in [5.74, 6) is 0.769. The lowest BCUT2D eigenvalue weighted by Crippen LogP contribution is -2.35. The first-order chi connectivity index (χ1) is 12.6. The number of rotatable bonds is 5. The van der Waals surface area contributed by atoms with Gasteiger partial charge in [0, 0.05) is 19.0 Å². The number of aryl methyl sites for hydroxylation is 1. The SMILES string of the molecule is COc1ccc(CNC(=O)NCc2nn(C)c(=O)c3ccccc23)cc1. The van der Waals surface area contributed by atoms with Crippen molar-refractivity contribution in [3.63, 3.8) is 0 Å². The zero-order valence-corrected chi connectivity index (χ0v) is 14.7. The number of ether oxygens (including phenoxy) is 1. The summed E-state index contributed by atoms with van der Waals surface area (Å²) < 4.78 is 6.39. The molecule has 0 aliphatic carbocycles. The van der Waals surface area contributed by atoms with E-state index in [0.29, 0.717) is 17.6 Å². The maximum atomic E-state index is 12.1. The smallest absolute Gasteiger partial charge is 0.315 e. The molecule has 0 bridgehead atoms. The molecule has 1 aromatic heterocycles. The summed E-state index contributed by atoms with van der Waals surface area (Å²) in [5.41, 5.74) is 1.45. The first-order valence-corrected chi connectivity index (χ1v) is 8.18. The van der Waals surface area contributed by atoms with E-state index in [1.165, 1.54) is 4.68 Å². The molecule has 0 aliphatic heterocycles. The van der Waals surface area contributed by atoms with Gasteiger partial charge >= 0.3 is 6.03 Å². The monoisotopic (exact) mass is 352 g/mol. The van der Waals surface area contributed by atoms with Crippen LogP contribution in [0.3, 0.4) is 0 Å². The summed E-state index contributed by atoms with van der Waals surface area (Å²) in [6.07, 6.45) is 0. The van der Waals surface area contributed by atoms with E-state index in [9.17, 15) is 9.59 Å². The summed E-state index contributed by atoms with van der Waals surface area (Å²) in [5, 5.41) is 11.2. The van der Waals surface area contributed by atoms with Crippen molar-refractivity contribution >= 4 is 16.8 Å². The van der Waals surface area contributed by atoms with E-state index in [2.05, 4.69) is 15.7 Å². The Morgan fingerprint density at radius 2 is 1.69 bits per heavy atom. The number of carbonyl (C=O) groups is 1. The first kappa shape index (κ1) is 17.5. The van der Waals surface area contributed by atoms with Crippen LogP contribution in [0.15, 0.2) is 53.3 Å². The Hall–Kier alpha value is -3.35. The lowest BCUT2D eigenvalue weighted by Gasteiger charge is -2.10. The second kappa shape index (κ2) is 7.69. The normalized spacial score (nSPS) is 10.5. The van der Waals surface area contributed by atoms with E-state index >= 15 is 0 Å². The molecule has 2 N–H and O–H groups in total. The van der Waals surface area contributed by atoms with Crippen molar-refractivity contribution in [2.75, 3.05) is 7.11 Å². The number of benzene rings is 2. The Labute approximate surface area is 150 Å². The van der Waals surface area contributed by atoms with E-state index in [1.54, 1.807) is 20.2 Å². The minimum Gasteiger partial charge on any atom is -0.497 e. The molecule has 0 unspecified atom stereocenters. The number of methoxy groups -OCH3 is 1. The molecule has 0 saturated carbocycles. The van der Waals surface area contributed by atoms with Crippen LogP contribution in [0.25, 0.3) is 10.8 Å². The number of aromatic nitrogens is 2. The highest BCUT2D eigenvalue weighted by Gasteiger charge is 2.09. The number of carbonyl (C=O) groups excluding carboxylic acids is 1. The Morgan fingerprint density at radius 1 is 1.04 bits per heavy atom. The zero-order chi connectivity index (χ0) is 18.5. The van der Waals surface area contributed by atoms with Crippen LogP contribution in [0.4, 0.5) is 4.79 Å². The highest BCUT2D eigenvalue weighted by molar-refractivity contribution is 5.84. The molecule has 1 heterocycles. The van der Waals surface area contributed by atoms with Gasteiger partial charge < -0.3 is 15.4 Å². The lowest BCUT2D eigenvalue weighted by molar-refractivity contribution is 0.240. The van der Waals surface area contributed by atoms with Crippen LogP contribution in [0, 0.1) is 0 Å². The van der Waals surface area contributed by atoms with Gasteiger partial charge in [0.25, 0.3) is 5.56 Å². The quantitative estimate of drug-likeness (QED) is 0.735. The van der Waals surface area contributed by atoms with Gasteiger partial charge in [-0.15, -0.1) is 0 Å². The summed E-state index contributed by atoms with van der Waals surface area (Å²) in [7, 11) is 3.21. The molecule has 26 heavy (non-hydrogen) atoms. The van der Waals surface area contributed by atoms with Crippen molar-refractivity contribution < 1.29 is 9.53 Å². The Kier molecular flexibility index (Phi) is 5.17. The third-order valence-corrected chi connectivity index (χ3v) is 4.06. The maximum absolute atomic E-state index is 12.1. The first-order valence-electron chi connectivity index (χ1n) is 8.18. The number of fused-ring (bicyclic) bond motifs is 1. The van der Waals surface area contributed by atoms with Gasteiger partial charge in [0.15, 0.2) is 0 Å². The number of nitrogens with zero attached hydrogens (tertiary/aromatic N) is 2. The van der Waals surface area contributed by atoms with Crippen molar-refractivity contribution in [3.05, 3.63) is 70.1 Å². The molecule has 3 aromatic rings. The highest BCUT2D eigenvalue weighted by Crippen LogP contribution is 2.13. The Bertz CT molecular complexity index is 980. The molecule has 0 fully saturated rings. The van der Waals surface area contributed by atoms with E-state index in [0.717, 1.165) is 16.7 Å². The van der Waals surface area contributed by atoms with Gasteiger partial charge in [-0.3, -0.25) is 4.79 Å². The molecule has 134 valence electrons. The summed E-state index contributed by atoms with van der Waals surface area (Å²) in [6.45, 7) is 0.625. The number of nitrogens with one attached hydrogen (secondary N) is 2. The Morgan fingerprint density at radius 3 is 2.38 bits per heavy atom. The number of amides is 2. The van der Waals surface area contributed by atoms with Gasteiger partial charge in [0.1, 0.15) is 5.75 Å². The maximum Gasteiger partial charge on any atom is 0.315 e. The van der Waals surface area contributed by atoms with Crippen LogP contribution in [-0.4, -0.2) is 22.9 Å². The van der Waals surface area contributed by atoms with Crippen molar-refractivity contribution in [2.24, 2.45) is 7.05 Å². The summed E-state index contributed by atoms with van der Waals surface area (Å²) in [4.78, 5) is 24.2. The van der Waals surface area contributed by atoms with Crippen molar-refractivity contribution in [2.45, 2.75) is 13.1 Å². The van der Waals surface area contributed by atoms with Crippen LogP contribution < -0.4 is 20.9 Å². The third kappa shape index (κ3) is 3.83. The van der Waals surface area contributed by atoms with Crippen LogP contribution in [0.2, 0.25) is 0 Å². The third-order valence-electron chi connectivity index (χ3n) is 4.06. The van der Waals surface area contributed by atoms with Gasteiger partial charge in [-0.2, -0.15) is 5.10 Å². The molecule has 3 rings (SSSR count). The van der Waals surface area contributed by atoms with Crippen LogP contribution >= 0.6 is 0 Å². The van der Waals surface area contributed by atoms with Crippen LogP contribution in [-0.2, 0) is 20.1 Å². The van der Waals surface area contributed by atoms with Gasteiger partial charge in [0.05, 0.1) is 24.7 Å². The van der Waals surface area contributed by atoms with Crippen molar-refractivity contribution in [3.8, 4) is 5.75 Å². The molecule has 0 saturated heterocycles. The minimum atomic E-state index is -0.305. The predicted molar refractivity (Wildman–Crippen MR) is 99.1 cm³/mol. The molecular weight excluding hydrogens is 332 g/mol. The van der Waals surface area contributed by atoms with E-state index in [-0.39, 0.29) is 18.1 Å². The van der Waals surface area contributed by atoms with Crippen LogP contribution in [0.1, 0.15) is 11.3 Å². The fraction of sp³-hybridized carbons (Fsp3) is 0.211. The molecule has 0 spiro atoms. The van der Waals surface area contributed by atoms with E-state index in [1.807, 2.05) is 42.5 Å². The molecular formula is C19H20N4O3. The fourth-order valence-electron chi connectivity index (χ4n) is 2.66. The Balaban J connectivity index is 1.63. The zero-order valence-electron chi connectivity index (χ0n) is 14.7. The molecule has 7 nitrogen and oxygen atoms in total. The largest absolute Gasteiger partial charge is 0.497 e. The predicted octanol–water partition coefficient (Wildman–Crippen LogP) is 1.94. The average Bonchev–Trinajstić information content (AvgIpc) is 2.68. The second-order valence-electron chi connectivity index (χ2n) is 5.81. The van der Waals surface area contributed by atoms with Gasteiger partial charge in [0.2, 0.25) is 0 Å². The van der Waals surface area contributed by atoms with Gasteiger partial charge in [-0.1, -0.05) is 30.3 Å². The molecule has 7 heteroatoms. The lowest BCUT2D eigenvalue weighted by atomic mass is 10.1. The second-order valence-corrected chi connectivity index (χ2v) is 5.81. The molecule has 2 amide bonds. The number of hydrogen-bond donors (Lipinski definition) is 2. The molecule has 0 radical (unpaired) electrons. The average molecular weight is 352 g/mol. The van der Waals surface area contributed by atoms with Gasteiger partial charge in [-0.05, 0) is 23.8 Å². The highest BCUT2D eigenvalue weighted by atomic mass is 16.5. The number of hydrogen-bond acceptors (Lipinski definition) is 4. The van der Waals surface area contributed by atoms with Crippen LogP contribution in [0.5, 0.6) is 5.75 Å². The number of urea groups is 1. The summed E-state index contributed by atoms with van der Waals surface area (Å²) >= 11 is 0. The van der Waals surface area contributed by atoms with Gasteiger partial charge in [-0.25, -0.2) is 9.48 Å². The standard InChI is InChI=1S/C19H20N4O3/c1-23-18(24)16-6-4-3-5-15(16)17(22-23)12-21-19(25)20-11-13-7-9-14(26-2)10-8-13/h3-10H,11-12H2,1-2H3,(H2,20,21,25). The van der Waals surface area contributed by atoms with E-state index in [4.69, 9.17) is 4.74 Å². The minimum absolute atomic E-state index is 0.159. The topological polar surface area (TPSA) is 85.2 Å². The summed E-state index contributed by atoms with van der Waals surface area (Å²) in [6, 6.07) is 14.4. The fourth-order valence-corrected chi connectivity index (χ4v) is 2.66. The van der Waals surface area contributed by atoms with Crippen molar-refractivity contribution in [1.29, 1.82) is 0 Å². The van der Waals surface area contributed by atoms with Crippen molar-refractivity contribution in [1.82, 2.24) is 20.4 Å². The molecule has 2 aromatic carbocycles.